The van der Waals surface area contributed by atoms with Gasteiger partial charge in [0.2, 0.25) is 10.0 Å². The molecular formula is C17H17N3O3S. The van der Waals surface area contributed by atoms with Crippen LogP contribution in [0, 0.1) is 18.3 Å². The monoisotopic (exact) mass is 343 g/mol. The van der Waals surface area contributed by atoms with Crippen molar-refractivity contribution in [2.45, 2.75) is 13.8 Å². The minimum absolute atomic E-state index is 0.0103. The topological polar surface area (TPSA) is 99.1 Å². The Kier molecular flexibility index (Phi) is 5.21. The largest absolute Gasteiger partial charge is 0.322 e. The first-order chi connectivity index (χ1) is 11.3. The number of nitrogens with one attached hydrogen (secondary N) is 2. The summed E-state index contributed by atoms with van der Waals surface area (Å²) in [4.78, 5) is 12.2. The zero-order valence-corrected chi connectivity index (χ0v) is 14.1. The lowest BCUT2D eigenvalue weighted by Crippen LogP contribution is -2.16. The normalized spacial score (nSPS) is 10.7. The first-order valence-electron chi connectivity index (χ1n) is 7.27. The Labute approximate surface area is 141 Å². The number of hydrogen-bond acceptors (Lipinski definition) is 4. The first kappa shape index (κ1) is 17.5. The molecule has 0 bridgehead atoms. The molecule has 0 spiro atoms. The number of benzene rings is 2. The van der Waals surface area contributed by atoms with E-state index < -0.39 is 10.0 Å². The minimum atomic E-state index is -3.34. The van der Waals surface area contributed by atoms with E-state index in [0.29, 0.717) is 28.1 Å². The summed E-state index contributed by atoms with van der Waals surface area (Å²) in [6.45, 7) is 3.31. The standard InChI is InChI=1S/C17H17N3O3S/c1-3-24(22,23)20-16-9-8-15(10-12(16)2)19-17(21)14-6-4-13(11-18)5-7-14/h4-10,20H,3H2,1-2H3,(H,19,21). The summed E-state index contributed by atoms with van der Waals surface area (Å²) in [6.07, 6.45) is 0. The molecule has 0 radical (unpaired) electrons. The van der Waals surface area contributed by atoms with Gasteiger partial charge in [0.1, 0.15) is 0 Å². The van der Waals surface area contributed by atoms with Crippen molar-refractivity contribution in [2.75, 3.05) is 15.8 Å². The van der Waals surface area contributed by atoms with E-state index in [1.54, 1.807) is 56.3 Å². The van der Waals surface area contributed by atoms with Crippen LogP contribution in [0.5, 0.6) is 0 Å². The van der Waals surface area contributed by atoms with E-state index in [9.17, 15) is 13.2 Å². The van der Waals surface area contributed by atoms with Crippen LogP contribution in [0.2, 0.25) is 0 Å². The molecular weight excluding hydrogens is 326 g/mol. The molecule has 0 aromatic heterocycles. The molecule has 2 rings (SSSR count). The molecule has 0 aliphatic rings. The molecule has 0 aliphatic heterocycles. The summed E-state index contributed by atoms with van der Waals surface area (Å²) in [7, 11) is -3.34. The third-order valence-electron chi connectivity index (χ3n) is 3.41. The van der Waals surface area contributed by atoms with Gasteiger partial charge in [0, 0.05) is 11.3 Å². The van der Waals surface area contributed by atoms with Crippen molar-refractivity contribution in [1.29, 1.82) is 5.26 Å². The van der Waals surface area contributed by atoms with E-state index >= 15 is 0 Å². The van der Waals surface area contributed by atoms with E-state index in [2.05, 4.69) is 10.0 Å². The highest BCUT2D eigenvalue weighted by Crippen LogP contribution is 2.21. The first-order valence-corrected chi connectivity index (χ1v) is 8.92. The molecule has 2 aromatic rings. The van der Waals surface area contributed by atoms with Crippen molar-refractivity contribution in [3.63, 3.8) is 0 Å². The molecule has 7 heteroatoms. The highest BCUT2D eigenvalue weighted by molar-refractivity contribution is 7.92. The molecule has 0 fully saturated rings. The molecule has 0 unspecified atom stereocenters. The Morgan fingerprint density at radius 3 is 2.38 bits per heavy atom. The van der Waals surface area contributed by atoms with E-state index in [1.807, 2.05) is 6.07 Å². The van der Waals surface area contributed by atoms with Crippen molar-refractivity contribution in [3.05, 3.63) is 59.2 Å². The maximum absolute atomic E-state index is 12.2. The molecule has 0 heterocycles. The van der Waals surface area contributed by atoms with E-state index in [4.69, 9.17) is 5.26 Å². The lowest BCUT2D eigenvalue weighted by molar-refractivity contribution is 0.102. The number of carbonyl (C=O) groups excluding carboxylic acids is 1. The van der Waals surface area contributed by atoms with Crippen LogP contribution in [0.3, 0.4) is 0 Å². The number of amides is 1. The molecule has 0 saturated heterocycles. The Bertz CT molecular complexity index is 898. The number of rotatable bonds is 5. The Morgan fingerprint density at radius 1 is 1.17 bits per heavy atom. The Balaban J connectivity index is 2.14. The molecule has 0 saturated carbocycles. The number of hydrogen-bond donors (Lipinski definition) is 2. The van der Waals surface area contributed by atoms with Crippen LogP contribution in [0.25, 0.3) is 0 Å². The van der Waals surface area contributed by atoms with Crippen LogP contribution in [0.1, 0.15) is 28.4 Å². The summed E-state index contributed by atoms with van der Waals surface area (Å²) in [5, 5.41) is 11.5. The van der Waals surface area contributed by atoms with Crippen LogP contribution >= 0.6 is 0 Å². The second kappa shape index (κ2) is 7.15. The van der Waals surface area contributed by atoms with E-state index in [1.165, 1.54) is 0 Å². The second-order valence-electron chi connectivity index (χ2n) is 5.18. The molecule has 124 valence electrons. The van der Waals surface area contributed by atoms with Crippen molar-refractivity contribution in [2.24, 2.45) is 0 Å². The lowest BCUT2D eigenvalue weighted by Gasteiger charge is -2.11. The Morgan fingerprint density at radius 2 is 1.83 bits per heavy atom. The quantitative estimate of drug-likeness (QED) is 0.872. The van der Waals surface area contributed by atoms with E-state index in [0.717, 1.165) is 0 Å². The smallest absolute Gasteiger partial charge is 0.255 e. The molecule has 0 atom stereocenters. The average Bonchev–Trinajstić information content (AvgIpc) is 2.57. The number of nitrogens with zero attached hydrogens (tertiary/aromatic N) is 1. The van der Waals surface area contributed by atoms with Gasteiger partial charge in [-0.1, -0.05) is 0 Å². The summed E-state index contributed by atoms with van der Waals surface area (Å²) in [6, 6.07) is 13.2. The van der Waals surface area contributed by atoms with Gasteiger partial charge in [-0.2, -0.15) is 5.26 Å². The van der Waals surface area contributed by atoms with Gasteiger partial charge in [0.15, 0.2) is 0 Å². The molecule has 0 aliphatic carbocycles. The van der Waals surface area contributed by atoms with Crippen molar-refractivity contribution in [1.82, 2.24) is 0 Å². The predicted molar refractivity (Wildman–Crippen MR) is 93.4 cm³/mol. The number of nitriles is 1. The zero-order chi connectivity index (χ0) is 17.7. The Hall–Kier alpha value is -2.85. The number of aryl methyl sites for hydroxylation is 1. The van der Waals surface area contributed by atoms with Gasteiger partial charge in [-0.15, -0.1) is 0 Å². The summed E-state index contributed by atoms with van der Waals surface area (Å²) < 4.78 is 25.7. The second-order valence-corrected chi connectivity index (χ2v) is 7.19. The maximum Gasteiger partial charge on any atom is 0.255 e. The third kappa shape index (κ3) is 4.33. The summed E-state index contributed by atoms with van der Waals surface area (Å²) >= 11 is 0. The van der Waals surface area contributed by atoms with Gasteiger partial charge in [0.05, 0.1) is 23.1 Å². The summed E-state index contributed by atoms with van der Waals surface area (Å²) in [5.74, 6) is -0.315. The predicted octanol–water partition coefficient (Wildman–Crippen LogP) is 2.88. The van der Waals surface area contributed by atoms with Gasteiger partial charge in [0.25, 0.3) is 5.91 Å². The summed E-state index contributed by atoms with van der Waals surface area (Å²) in [5.41, 5.74) is 2.65. The average molecular weight is 343 g/mol. The third-order valence-corrected chi connectivity index (χ3v) is 4.70. The lowest BCUT2D eigenvalue weighted by atomic mass is 10.1. The fourth-order valence-corrected chi connectivity index (χ4v) is 2.70. The van der Waals surface area contributed by atoms with Gasteiger partial charge in [-0.05, 0) is 61.9 Å². The van der Waals surface area contributed by atoms with Crippen molar-refractivity contribution < 1.29 is 13.2 Å². The highest BCUT2D eigenvalue weighted by Gasteiger charge is 2.11. The zero-order valence-electron chi connectivity index (χ0n) is 13.3. The minimum Gasteiger partial charge on any atom is -0.322 e. The van der Waals surface area contributed by atoms with Crippen LogP contribution in [-0.2, 0) is 10.0 Å². The van der Waals surface area contributed by atoms with Crippen LogP contribution < -0.4 is 10.0 Å². The fraction of sp³-hybridized carbons (Fsp3) is 0.176. The van der Waals surface area contributed by atoms with Gasteiger partial charge in [-0.3, -0.25) is 9.52 Å². The van der Waals surface area contributed by atoms with Crippen LogP contribution in [-0.4, -0.2) is 20.1 Å². The molecule has 2 N–H and O–H groups in total. The highest BCUT2D eigenvalue weighted by atomic mass is 32.2. The SMILES string of the molecule is CCS(=O)(=O)Nc1ccc(NC(=O)c2ccc(C#N)cc2)cc1C. The van der Waals surface area contributed by atoms with E-state index in [-0.39, 0.29) is 11.7 Å². The maximum atomic E-state index is 12.2. The number of sulfonamides is 1. The molecule has 24 heavy (non-hydrogen) atoms. The fourth-order valence-electron chi connectivity index (χ4n) is 2.00. The van der Waals surface area contributed by atoms with Gasteiger partial charge in [-0.25, -0.2) is 8.42 Å². The number of carbonyl (C=O) groups is 1. The molecule has 2 aromatic carbocycles. The number of anilines is 2. The van der Waals surface area contributed by atoms with Gasteiger partial charge < -0.3 is 5.32 Å². The van der Waals surface area contributed by atoms with Crippen molar-refractivity contribution >= 4 is 27.3 Å². The molecule has 6 nitrogen and oxygen atoms in total. The van der Waals surface area contributed by atoms with Crippen molar-refractivity contribution in [3.8, 4) is 6.07 Å². The van der Waals surface area contributed by atoms with Crippen LogP contribution in [0.4, 0.5) is 11.4 Å². The van der Waals surface area contributed by atoms with Gasteiger partial charge >= 0.3 is 0 Å². The molecule has 1 amide bonds. The van der Waals surface area contributed by atoms with Crippen LogP contribution in [0.15, 0.2) is 42.5 Å².